The number of hydrogen-bond donors (Lipinski definition) is 2. The molecule has 190 valence electrons. The SMILES string of the molecule is CNCCN(C)c1cc(OC(F)F)ccc1Nc1cc(F)c(S(=O)(=O)N(Cl)c2cscn2)cc1Cl. The number of halogens is 5. The standard InChI is InChI=1S/C20H20Cl2F3N5O3S2/c1-26-5-6-29(2)17-7-12(33-20(24)25)3-4-15(17)28-16-9-14(23)18(8-13(16)21)35(31,32)30(22)19-10-34-11-27-19/h3-4,7-11,20,26,28H,5-6H2,1-2H3. The van der Waals surface area contributed by atoms with Crippen molar-refractivity contribution in [2.45, 2.75) is 11.5 Å². The summed E-state index contributed by atoms with van der Waals surface area (Å²) in [4.78, 5) is 4.82. The summed E-state index contributed by atoms with van der Waals surface area (Å²) in [5.74, 6) is -1.27. The molecule has 0 radical (unpaired) electrons. The zero-order chi connectivity index (χ0) is 25.8. The molecule has 0 saturated carbocycles. The quantitative estimate of drug-likeness (QED) is 0.303. The maximum absolute atomic E-state index is 15.0. The maximum atomic E-state index is 15.0. The highest BCUT2D eigenvalue weighted by Gasteiger charge is 2.29. The normalized spacial score (nSPS) is 11.5. The predicted molar refractivity (Wildman–Crippen MR) is 133 cm³/mol. The summed E-state index contributed by atoms with van der Waals surface area (Å²) in [6.45, 7) is -1.91. The number of rotatable bonds is 11. The molecule has 0 bridgehead atoms. The molecule has 2 N–H and O–H groups in total. The molecule has 1 heterocycles. The van der Waals surface area contributed by atoms with E-state index >= 15 is 0 Å². The second-order valence-electron chi connectivity index (χ2n) is 7.04. The number of ether oxygens (including phenoxy) is 1. The average molecular weight is 570 g/mol. The first-order valence-electron chi connectivity index (χ1n) is 9.84. The lowest BCUT2D eigenvalue weighted by Crippen LogP contribution is -2.27. The van der Waals surface area contributed by atoms with Gasteiger partial charge in [0.1, 0.15) is 16.5 Å². The summed E-state index contributed by atoms with van der Waals surface area (Å²) in [5, 5.41) is 7.17. The molecule has 0 aliphatic rings. The first kappa shape index (κ1) is 27.1. The Labute approximate surface area is 214 Å². The Balaban J connectivity index is 1.96. The molecule has 1 aromatic heterocycles. The van der Waals surface area contributed by atoms with Crippen LogP contribution in [0.4, 0.5) is 36.1 Å². The van der Waals surface area contributed by atoms with Crippen molar-refractivity contribution in [1.29, 1.82) is 0 Å². The van der Waals surface area contributed by atoms with E-state index in [-0.39, 0.29) is 22.3 Å². The van der Waals surface area contributed by atoms with E-state index in [9.17, 15) is 21.6 Å². The van der Waals surface area contributed by atoms with Gasteiger partial charge in [0, 0.05) is 49.4 Å². The molecule has 0 unspecified atom stereocenters. The zero-order valence-corrected chi connectivity index (χ0v) is 21.5. The van der Waals surface area contributed by atoms with Crippen molar-refractivity contribution in [2.24, 2.45) is 0 Å². The number of benzene rings is 2. The van der Waals surface area contributed by atoms with E-state index in [4.69, 9.17) is 23.4 Å². The molecule has 0 spiro atoms. The van der Waals surface area contributed by atoms with E-state index < -0.39 is 27.3 Å². The second-order valence-corrected chi connectivity index (χ2v) is 10.5. The fourth-order valence-corrected chi connectivity index (χ4v) is 5.30. The Morgan fingerprint density at radius 2 is 1.97 bits per heavy atom. The van der Waals surface area contributed by atoms with Gasteiger partial charge in [0.15, 0.2) is 5.82 Å². The fourth-order valence-electron chi connectivity index (χ4n) is 2.98. The average Bonchev–Trinajstić information content (AvgIpc) is 3.34. The van der Waals surface area contributed by atoms with E-state index in [1.807, 2.05) is 0 Å². The highest BCUT2D eigenvalue weighted by molar-refractivity contribution is 7.94. The topological polar surface area (TPSA) is 86.8 Å². The molecule has 3 aromatic rings. The highest BCUT2D eigenvalue weighted by Crippen LogP contribution is 2.37. The van der Waals surface area contributed by atoms with Crippen molar-refractivity contribution in [3.63, 3.8) is 0 Å². The lowest BCUT2D eigenvalue weighted by molar-refractivity contribution is -0.0498. The van der Waals surface area contributed by atoms with Gasteiger partial charge in [-0.1, -0.05) is 11.6 Å². The first-order valence-corrected chi connectivity index (χ1v) is 12.9. The molecule has 2 aromatic carbocycles. The van der Waals surface area contributed by atoms with Crippen LogP contribution < -0.4 is 24.1 Å². The van der Waals surface area contributed by atoms with Gasteiger partial charge in [0.05, 0.1) is 27.6 Å². The number of sulfonamides is 1. The van der Waals surface area contributed by atoms with Crippen molar-refractivity contribution in [3.8, 4) is 5.75 Å². The fraction of sp³-hybridized carbons (Fsp3) is 0.250. The molecule has 3 rings (SSSR count). The number of nitrogens with zero attached hydrogens (tertiary/aromatic N) is 3. The Bertz CT molecular complexity index is 1270. The molecule has 0 fully saturated rings. The number of alkyl halides is 2. The molecule has 0 amide bonds. The van der Waals surface area contributed by atoms with Crippen molar-refractivity contribution in [1.82, 2.24) is 10.3 Å². The predicted octanol–water partition coefficient (Wildman–Crippen LogP) is 5.29. The van der Waals surface area contributed by atoms with E-state index in [1.165, 1.54) is 29.1 Å². The third kappa shape index (κ3) is 6.41. The number of aromatic nitrogens is 1. The third-order valence-electron chi connectivity index (χ3n) is 4.68. The summed E-state index contributed by atoms with van der Waals surface area (Å²) < 4.78 is 70.8. The van der Waals surface area contributed by atoms with Gasteiger partial charge in [-0.25, -0.2) is 9.37 Å². The lowest BCUT2D eigenvalue weighted by atomic mass is 10.2. The van der Waals surface area contributed by atoms with E-state index in [2.05, 4.69) is 20.4 Å². The summed E-state index contributed by atoms with van der Waals surface area (Å²) in [7, 11) is -1.01. The van der Waals surface area contributed by atoms with Gasteiger partial charge in [0.2, 0.25) is 0 Å². The van der Waals surface area contributed by atoms with E-state index in [0.717, 1.165) is 23.5 Å². The molecule has 0 aliphatic carbocycles. The van der Waals surface area contributed by atoms with Gasteiger partial charge < -0.3 is 20.3 Å². The van der Waals surface area contributed by atoms with Gasteiger partial charge in [-0.2, -0.15) is 21.0 Å². The van der Waals surface area contributed by atoms with Crippen molar-refractivity contribution in [3.05, 3.63) is 52.1 Å². The smallest absolute Gasteiger partial charge is 0.387 e. The largest absolute Gasteiger partial charge is 0.435 e. The Morgan fingerprint density at radius 1 is 1.23 bits per heavy atom. The van der Waals surface area contributed by atoms with Gasteiger partial charge in [0.25, 0.3) is 10.0 Å². The van der Waals surface area contributed by atoms with Crippen LogP contribution in [0.5, 0.6) is 5.75 Å². The number of hydrogen-bond acceptors (Lipinski definition) is 8. The summed E-state index contributed by atoms with van der Waals surface area (Å²) in [6, 6.07) is 6.00. The number of likely N-dealkylation sites (N-methyl/N-ethyl adjacent to an activating group) is 2. The van der Waals surface area contributed by atoms with Crippen molar-refractivity contribution < 1.29 is 26.3 Å². The highest BCUT2D eigenvalue weighted by atomic mass is 35.5. The van der Waals surface area contributed by atoms with Crippen molar-refractivity contribution in [2.75, 3.05) is 41.2 Å². The van der Waals surface area contributed by atoms with Crippen LogP contribution in [0.1, 0.15) is 0 Å². The van der Waals surface area contributed by atoms with Crippen LogP contribution >= 0.6 is 34.7 Å². The van der Waals surface area contributed by atoms with Gasteiger partial charge in [-0.3, -0.25) is 0 Å². The van der Waals surface area contributed by atoms with Crippen molar-refractivity contribution >= 4 is 67.6 Å². The third-order valence-corrected chi connectivity index (χ3v) is 7.76. The molecule has 8 nitrogen and oxygen atoms in total. The van der Waals surface area contributed by atoms with Crippen LogP contribution in [0.25, 0.3) is 0 Å². The summed E-state index contributed by atoms with van der Waals surface area (Å²) in [6.07, 6.45) is 0. The molecule has 15 heteroatoms. The summed E-state index contributed by atoms with van der Waals surface area (Å²) in [5.41, 5.74) is 2.27. The Hall–Kier alpha value is -2.45. The van der Waals surface area contributed by atoms with Gasteiger partial charge >= 0.3 is 6.61 Å². The minimum absolute atomic E-state index is 0.0451. The Morgan fingerprint density at radius 3 is 2.60 bits per heavy atom. The zero-order valence-electron chi connectivity index (χ0n) is 18.3. The molecular formula is C20H20Cl2F3N5O3S2. The minimum Gasteiger partial charge on any atom is -0.435 e. The second kappa shape index (κ2) is 11.5. The monoisotopic (exact) mass is 569 g/mol. The molecule has 35 heavy (non-hydrogen) atoms. The minimum atomic E-state index is -4.50. The van der Waals surface area contributed by atoms with E-state index in [0.29, 0.717) is 28.3 Å². The first-order chi connectivity index (χ1) is 16.5. The molecule has 0 saturated heterocycles. The van der Waals surface area contributed by atoms with Crippen LogP contribution in [-0.4, -0.2) is 47.2 Å². The van der Waals surface area contributed by atoms with Crippen LogP contribution in [-0.2, 0) is 10.0 Å². The van der Waals surface area contributed by atoms with E-state index in [1.54, 1.807) is 19.0 Å². The summed E-state index contributed by atoms with van der Waals surface area (Å²) >= 11 is 13.3. The number of nitrogens with one attached hydrogen (secondary N) is 2. The molecule has 0 atom stereocenters. The van der Waals surface area contributed by atoms with Crippen LogP contribution in [0.2, 0.25) is 5.02 Å². The van der Waals surface area contributed by atoms with Crippen LogP contribution in [0, 0.1) is 5.82 Å². The number of thiazole rings is 1. The Kier molecular flexibility index (Phi) is 8.94. The van der Waals surface area contributed by atoms with Crippen LogP contribution in [0.15, 0.2) is 46.1 Å². The number of anilines is 4. The molecule has 0 aliphatic heterocycles. The van der Waals surface area contributed by atoms with Gasteiger partial charge in [-0.05, 0) is 25.2 Å². The van der Waals surface area contributed by atoms with Gasteiger partial charge in [-0.15, -0.1) is 11.3 Å². The maximum Gasteiger partial charge on any atom is 0.387 e. The molecular weight excluding hydrogens is 550 g/mol. The van der Waals surface area contributed by atoms with Crippen LogP contribution in [0.3, 0.4) is 0 Å². The lowest BCUT2D eigenvalue weighted by Gasteiger charge is -2.24.